The van der Waals surface area contributed by atoms with E-state index in [1.54, 1.807) is 6.07 Å². The highest BCUT2D eigenvalue weighted by Gasteiger charge is 2.27. The fraction of sp³-hybridized carbons (Fsp3) is 0.250. The Balaban J connectivity index is 2.36. The van der Waals surface area contributed by atoms with Crippen molar-refractivity contribution < 1.29 is 9.66 Å². The van der Waals surface area contributed by atoms with E-state index in [0.29, 0.717) is 6.61 Å². The second kappa shape index (κ2) is 3.08. The summed E-state index contributed by atoms with van der Waals surface area (Å²) in [5.74, 6) is 0. The van der Waals surface area contributed by atoms with E-state index < -0.39 is 4.92 Å². The zero-order valence-corrected chi connectivity index (χ0v) is 8.15. The second-order valence-electron chi connectivity index (χ2n) is 2.78. The third kappa shape index (κ3) is 1.71. The molecule has 1 heterocycles. The Bertz CT molecular complexity index is 362. The molecular formula is C8H6BrNO3. The van der Waals surface area contributed by atoms with E-state index in [1.165, 1.54) is 12.1 Å². The number of nitrogens with zero attached hydrogens (tertiary/aromatic N) is 1. The maximum absolute atomic E-state index is 10.4. The Morgan fingerprint density at radius 2 is 2.31 bits per heavy atom. The third-order valence-corrected chi connectivity index (χ3v) is 2.56. The molecule has 0 saturated carbocycles. The van der Waals surface area contributed by atoms with Crippen molar-refractivity contribution >= 4 is 21.6 Å². The van der Waals surface area contributed by atoms with Crippen LogP contribution in [0, 0.1) is 10.1 Å². The molecule has 1 aliphatic heterocycles. The van der Waals surface area contributed by atoms with Gasteiger partial charge in [-0.2, -0.15) is 0 Å². The Morgan fingerprint density at radius 3 is 2.77 bits per heavy atom. The fourth-order valence-electron chi connectivity index (χ4n) is 1.12. The van der Waals surface area contributed by atoms with Gasteiger partial charge in [-0.25, -0.2) is 0 Å². The Morgan fingerprint density at radius 1 is 1.62 bits per heavy atom. The van der Waals surface area contributed by atoms with Crippen LogP contribution in [0.3, 0.4) is 0 Å². The third-order valence-electron chi connectivity index (χ3n) is 1.88. The molecule has 0 aliphatic carbocycles. The molecule has 5 heteroatoms. The molecule has 1 aliphatic rings. The standard InChI is InChI=1S/C8H6BrNO3/c9-7-3-5(10(11)12)1-2-6(7)8-4-13-8/h1-3,8H,4H2/t8-/m0/s1. The Hall–Kier alpha value is -0.940. The largest absolute Gasteiger partial charge is 0.368 e. The van der Waals surface area contributed by atoms with Crippen LogP contribution in [0.5, 0.6) is 0 Å². The summed E-state index contributed by atoms with van der Waals surface area (Å²) in [6, 6.07) is 4.71. The van der Waals surface area contributed by atoms with Crippen LogP contribution in [0.2, 0.25) is 0 Å². The molecule has 1 saturated heterocycles. The molecule has 0 unspecified atom stereocenters. The van der Waals surface area contributed by atoms with Crippen LogP contribution in [0.1, 0.15) is 11.7 Å². The lowest BCUT2D eigenvalue weighted by atomic mass is 10.1. The number of benzene rings is 1. The van der Waals surface area contributed by atoms with Crippen molar-refractivity contribution in [3.8, 4) is 0 Å². The number of non-ortho nitro benzene ring substituents is 1. The SMILES string of the molecule is O=[N+]([O-])c1ccc([C@@H]2CO2)c(Br)c1. The van der Waals surface area contributed by atoms with Crippen LogP contribution in [-0.2, 0) is 4.74 Å². The first kappa shape index (κ1) is 8.65. The van der Waals surface area contributed by atoms with E-state index in [9.17, 15) is 10.1 Å². The summed E-state index contributed by atoms with van der Waals surface area (Å²) in [6.07, 6.45) is 0.121. The first-order valence-corrected chi connectivity index (χ1v) is 4.53. The summed E-state index contributed by atoms with van der Waals surface area (Å²) in [6.45, 7) is 0.705. The highest BCUT2D eigenvalue weighted by atomic mass is 79.9. The van der Waals surface area contributed by atoms with Crippen LogP contribution in [0.4, 0.5) is 5.69 Å². The van der Waals surface area contributed by atoms with Gasteiger partial charge in [-0.3, -0.25) is 10.1 Å². The van der Waals surface area contributed by atoms with Crippen molar-refractivity contribution in [2.45, 2.75) is 6.10 Å². The molecule has 1 atom stereocenters. The maximum Gasteiger partial charge on any atom is 0.270 e. The molecule has 0 radical (unpaired) electrons. The fourth-order valence-corrected chi connectivity index (χ4v) is 1.74. The zero-order valence-electron chi connectivity index (χ0n) is 6.57. The number of halogens is 1. The van der Waals surface area contributed by atoms with Crippen LogP contribution in [0.25, 0.3) is 0 Å². The molecule has 4 nitrogen and oxygen atoms in total. The molecule has 68 valence electrons. The number of hydrogen-bond acceptors (Lipinski definition) is 3. The minimum Gasteiger partial charge on any atom is -0.368 e. The Labute approximate surface area is 82.8 Å². The Kier molecular flexibility index (Phi) is 2.05. The van der Waals surface area contributed by atoms with Crippen LogP contribution in [0.15, 0.2) is 22.7 Å². The minimum absolute atomic E-state index is 0.0938. The number of epoxide rings is 1. The van der Waals surface area contributed by atoms with Crippen molar-refractivity contribution in [2.24, 2.45) is 0 Å². The smallest absolute Gasteiger partial charge is 0.270 e. The van der Waals surface area contributed by atoms with Crippen LogP contribution >= 0.6 is 15.9 Å². The summed E-state index contributed by atoms with van der Waals surface area (Å²) in [5.41, 5.74) is 1.07. The van der Waals surface area contributed by atoms with Crippen LogP contribution < -0.4 is 0 Å². The number of nitro groups is 1. The van der Waals surface area contributed by atoms with Crippen LogP contribution in [-0.4, -0.2) is 11.5 Å². The van der Waals surface area contributed by atoms with E-state index >= 15 is 0 Å². The maximum atomic E-state index is 10.4. The molecule has 13 heavy (non-hydrogen) atoms. The quantitative estimate of drug-likeness (QED) is 0.456. The van der Waals surface area contributed by atoms with Gasteiger partial charge in [0.25, 0.3) is 5.69 Å². The predicted octanol–water partition coefficient (Wildman–Crippen LogP) is 2.43. The monoisotopic (exact) mass is 243 g/mol. The highest BCUT2D eigenvalue weighted by Crippen LogP contribution is 2.36. The first-order chi connectivity index (χ1) is 6.18. The molecule has 1 fully saturated rings. The topological polar surface area (TPSA) is 55.7 Å². The molecule has 0 bridgehead atoms. The molecule has 2 rings (SSSR count). The van der Waals surface area contributed by atoms with Crippen molar-refractivity contribution in [2.75, 3.05) is 6.61 Å². The van der Waals surface area contributed by atoms with Gasteiger partial charge in [0.1, 0.15) is 6.10 Å². The molecule has 0 spiro atoms. The van der Waals surface area contributed by atoms with Crippen molar-refractivity contribution in [1.82, 2.24) is 0 Å². The van der Waals surface area contributed by atoms with E-state index in [2.05, 4.69) is 15.9 Å². The highest BCUT2D eigenvalue weighted by molar-refractivity contribution is 9.10. The molecule has 0 N–H and O–H groups in total. The average molecular weight is 244 g/mol. The second-order valence-corrected chi connectivity index (χ2v) is 3.64. The van der Waals surface area contributed by atoms with E-state index in [1.807, 2.05) is 0 Å². The van der Waals surface area contributed by atoms with Gasteiger partial charge in [0.05, 0.1) is 11.5 Å². The average Bonchev–Trinajstić information content (AvgIpc) is 2.87. The number of hydrogen-bond donors (Lipinski definition) is 0. The summed E-state index contributed by atoms with van der Waals surface area (Å²) in [4.78, 5) is 9.99. The van der Waals surface area contributed by atoms with Gasteiger partial charge in [0.2, 0.25) is 0 Å². The van der Waals surface area contributed by atoms with Gasteiger partial charge in [-0.15, -0.1) is 0 Å². The van der Waals surface area contributed by atoms with Gasteiger partial charge in [0.15, 0.2) is 0 Å². The molecule has 0 aromatic heterocycles. The molecule has 0 amide bonds. The molecule has 1 aromatic carbocycles. The lowest BCUT2D eigenvalue weighted by Gasteiger charge is -1.99. The number of ether oxygens (including phenoxy) is 1. The van der Waals surface area contributed by atoms with E-state index in [0.717, 1.165) is 10.0 Å². The lowest BCUT2D eigenvalue weighted by molar-refractivity contribution is -0.384. The van der Waals surface area contributed by atoms with Gasteiger partial charge in [-0.05, 0) is 11.6 Å². The van der Waals surface area contributed by atoms with Gasteiger partial charge < -0.3 is 4.74 Å². The predicted molar refractivity (Wildman–Crippen MR) is 49.5 cm³/mol. The molecular weight excluding hydrogens is 238 g/mol. The lowest BCUT2D eigenvalue weighted by Crippen LogP contribution is -1.90. The summed E-state index contributed by atoms with van der Waals surface area (Å²) in [7, 11) is 0. The van der Waals surface area contributed by atoms with Gasteiger partial charge in [0, 0.05) is 16.6 Å². The van der Waals surface area contributed by atoms with Crippen molar-refractivity contribution in [3.63, 3.8) is 0 Å². The number of nitro benzene ring substituents is 1. The summed E-state index contributed by atoms with van der Waals surface area (Å²) in [5, 5.41) is 10.4. The van der Waals surface area contributed by atoms with Crippen molar-refractivity contribution in [1.29, 1.82) is 0 Å². The van der Waals surface area contributed by atoms with Gasteiger partial charge in [-0.1, -0.05) is 15.9 Å². The van der Waals surface area contributed by atoms with E-state index in [-0.39, 0.29) is 11.8 Å². The zero-order chi connectivity index (χ0) is 9.42. The summed E-state index contributed by atoms with van der Waals surface area (Å²) >= 11 is 3.27. The van der Waals surface area contributed by atoms with Gasteiger partial charge >= 0.3 is 0 Å². The molecule has 1 aromatic rings. The normalized spacial score (nSPS) is 19.9. The van der Waals surface area contributed by atoms with E-state index in [4.69, 9.17) is 4.74 Å². The first-order valence-electron chi connectivity index (χ1n) is 3.74. The minimum atomic E-state index is -0.414. The number of rotatable bonds is 2. The van der Waals surface area contributed by atoms with Crippen molar-refractivity contribution in [3.05, 3.63) is 38.3 Å². The summed E-state index contributed by atoms with van der Waals surface area (Å²) < 4.78 is 5.82.